The van der Waals surface area contributed by atoms with Gasteiger partial charge in [0, 0.05) is 0 Å². The Morgan fingerprint density at radius 2 is 2.12 bits per heavy atom. The standard InChI is InChI=1S/C12H18N2O3/c1-3-4-5-6-7-17-11-9-13-8-10(14-11)12(15)16-2/h8-9H,3-7H2,1-2H3. The number of carbonyl (C=O) groups is 1. The lowest BCUT2D eigenvalue weighted by Crippen LogP contribution is -2.07. The minimum atomic E-state index is -0.506. The van der Waals surface area contributed by atoms with Gasteiger partial charge in [0.2, 0.25) is 5.88 Å². The van der Waals surface area contributed by atoms with Gasteiger partial charge < -0.3 is 9.47 Å². The summed E-state index contributed by atoms with van der Waals surface area (Å²) in [7, 11) is 1.31. The third kappa shape index (κ3) is 4.80. The number of esters is 1. The number of ether oxygens (including phenoxy) is 2. The first-order chi connectivity index (χ1) is 8.27. The predicted octanol–water partition coefficient (Wildman–Crippen LogP) is 2.22. The van der Waals surface area contributed by atoms with Crippen molar-refractivity contribution >= 4 is 5.97 Å². The molecule has 0 N–H and O–H groups in total. The van der Waals surface area contributed by atoms with E-state index in [4.69, 9.17) is 4.74 Å². The number of carbonyl (C=O) groups excluding carboxylic acids is 1. The van der Waals surface area contributed by atoms with Gasteiger partial charge in [0.05, 0.1) is 26.1 Å². The lowest BCUT2D eigenvalue weighted by molar-refractivity contribution is 0.0592. The van der Waals surface area contributed by atoms with Crippen LogP contribution in [0.2, 0.25) is 0 Å². The second-order valence-corrected chi connectivity index (χ2v) is 3.64. The van der Waals surface area contributed by atoms with E-state index in [0.29, 0.717) is 12.5 Å². The van der Waals surface area contributed by atoms with Crippen LogP contribution in [0.4, 0.5) is 0 Å². The number of nitrogens with zero attached hydrogens (tertiary/aromatic N) is 2. The second-order valence-electron chi connectivity index (χ2n) is 3.64. The molecule has 0 atom stereocenters. The molecule has 1 aromatic heterocycles. The van der Waals surface area contributed by atoms with E-state index in [9.17, 15) is 4.79 Å². The van der Waals surface area contributed by atoms with Crippen LogP contribution in [0.5, 0.6) is 5.88 Å². The van der Waals surface area contributed by atoms with Crippen LogP contribution in [-0.4, -0.2) is 29.7 Å². The van der Waals surface area contributed by atoms with Gasteiger partial charge in [-0.05, 0) is 6.42 Å². The zero-order valence-corrected chi connectivity index (χ0v) is 10.3. The SMILES string of the molecule is CCCCCCOc1cncc(C(=O)OC)n1. The zero-order valence-electron chi connectivity index (χ0n) is 10.3. The van der Waals surface area contributed by atoms with E-state index in [0.717, 1.165) is 12.8 Å². The Kier molecular flexibility index (Phi) is 5.99. The first-order valence-corrected chi connectivity index (χ1v) is 5.81. The fraction of sp³-hybridized carbons (Fsp3) is 0.583. The molecule has 0 saturated heterocycles. The minimum Gasteiger partial charge on any atom is -0.477 e. The fourth-order valence-electron chi connectivity index (χ4n) is 1.33. The van der Waals surface area contributed by atoms with Gasteiger partial charge in [0.25, 0.3) is 0 Å². The van der Waals surface area contributed by atoms with Crippen LogP contribution in [0.3, 0.4) is 0 Å². The molecule has 0 aromatic carbocycles. The maximum absolute atomic E-state index is 11.2. The summed E-state index contributed by atoms with van der Waals surface area (Å²) < 4.78 is 9.96. The molecule has 0 amide bonds. The lowest BCUT2D eigenvalue weighted by Gasteiger charge is -2.05. The molecule has 17 heavy (non-hydrogen) atoms. The molecular formula is C12H18N2O3. The topological polar surface area (TPSA) is 61.3 Å². The molecular weight excluding hydrogens is 220 g/mol. The maximum Gasteiger partial charge on any atom is 0.358 e. The number of methoxy groups -OCH3 is 1. The Balaban J connectivity index is 2.40. The van der Waals surface area contributed by atoms with Gasteiger partial charge in [-0.2, -0.15) is 0 Å². The third-order valence-electron chi connectivity index (χ3n) is 2.25. The monoisotopic (exact) mass is 238 g/mol. The molecule has 0 spiro atoms. The average Bonchev–Trinajstić information content (AvgIpc) is 2.38. The molecule has 0 unspecified atom stereocenters. The minimum absolute atomic E-state index is 0.165. The molecule has 0 aliphatic rings. The first-order valence-electron chi connectivity index (χ1n) is 5.81. The van der Waals surface area contributed by atoms with Gasteiger partial charge in [-0.1, -0.05) is 26.2 Å². The molecule has 1 rings (SSSR count). The normalized spacial score (nSPS) is 10.0. The lowest BCUT2D eigenvalue weighted by atomic mass is 10.2. The molecule has 0 fully saturated rings. The fourth-order valence-corrected chi connectivity index (χ4v) is 1.33. The van der Waals surface area contributed by atoms with E-state index >= 15 is 0 Å². The van der Waals surface area contributed by atoms with Gasteiger partial charge in [0.1, 0.15) is 0 Å². The largest absolute Gasteiger partial charge is 0.477 e. The molecule has 0 saturated carbocycles. The van der Waals surface area contributed by atoms with Crippen LogP contribution in [-0.2, 0) is 4.74 Å². The van der Waals surface area contributed by atoms with Gasteiger partial charge in [-0.25, -0.2) is 9.78 Å². The van der Waals surface area contributed by atoms with E-state index in [1.165, 1.54) is 32.3 Å². The van der Waals surface area contributed by atoms with Crippen LogP contribution in [0.15, 0.2) is 12.4 Å². The van der Waals surface area contributed by atoms with Gasteiger partial charge >= 0.3 is 5.97 Å². The molecule has 0 radical (unpaired) electrons. The van der Waals surface area contributed by atoms with E-state index in [1.807, 2.05) is 0 Å². The molecule has 1 aromatic rings. The van der Waals surface area contributed by atoms with E-state index in [1.54, 1.807) is 0 Å². The highest BCUT2D eigenvalue weighted by molar-refractivity contribution is 5.86. The van der Waals surface area contributed by atoms with Gasteiger partial charge in [0.15, 0.2) is 5.69 Å². The summed E-state index contributed by atoms with van der Waals surface area (Å²) in [5.74, 6) is -0.140. The predicted molar refractivity (Wildman–Crippen MR) is 63.0 cm³/mol. The number of hydrogen-bond acceptors (Lipinski definition) is 5. The molecule has 5 heteroatoms. The summed E-state index contributed by atoms with van der Waals surface area (Å²) in [6, 6.07) is 0. The maximum atomic E-state index is 11.2. The van der Waals surface area contributed by atoms with Crippen molar-refractivity contribution in [1.82, 2.24) is 9.97 Å². The number of rotatable bonds is 7. The van der Waals surface area contributed by atoms with Crippen LogP contribution in [0.1, 0.15) is 43.1 Å². The zero-order chi connectivity index (χ0) is 12.5. The molecule has 1 heterocycles. The van der Waals surface area contributed by atoms with Crippen LogP contribution in [0, 0.1) is 0 Å². The summed E-state index contributed by atoms with van der Waals surface area (Å²) in [5, 5.41) is 0. The smallest absolute Gasteiger partial charge is 0.358 e. The van der Waals surface area contributed by atoms with Crippen molar-refractivity contribution in [1.29, 1.82) is 0 Å². The second kappa shape index (κ2) is 7.60. The summed E-state index contributed by atoms with van der Waals surface area (Å²) in [4.78, 5) is 19.1. The molecule has 5 nitrogen and oxygen atoms in total. The van der Waals surface area contributed by atoms with Crippen molar-refractivity contribution in [3.63, 3.8) is 0 Å². The molecule has 0 aliphatic carbocycles. The van der Waals surface area contributed by atoms with Crippen molar-refractivity contribution in [2.45, 2.75) is 32.6 Å². The average molecular weight is 238 g/mol. The van der Waals surface area contributed by atoms with Crippen molar-refractivity contribution < 1.29 is 14.3 Å². The molecule has 0 bridgehead atoms. The Morgan fingerprint density at radius 1 is 1.29 bits per heavy atom. The first kappa shape index (κ1) is 13.4. The van der Waals surface area contributed by atoms with Crippen LogP contribution >= 0.6 is 0 Å². The molecule has 94 valence electrons. The van der Waals surface area contributed by atoms with Crippen molar-refractivity contribution in [3.8, 4) is 5.88 Å². The van der Waals surface area contributed by atoms with Crippen LogP contribution in [0.25, 0.3) is 0 Å². The number of aromatic nitrogens is 2. The Morgan fingerprint density at radius 3 is 2.82 bits per heavy atom. The van der Waals surface area contributed by atoms with Crippen molar-refractivity contribution in [2.75, 3.05) is 13.7 Å². The summed E-state index contributed by atoms with van der Waals surface area (Å²) in [6.07, 6.45) is 7.37. The van der Waals surface area contributed by atoms with Gasteiger partial charge in [-0.15, -0.1) is 0 Å². The highest BCUT2D eigenvalue weighted by atomic mass is 16.5. The highest BCUT2D eigenvalue weighted by Crippen LogP contribution is 2.07. The van der Waals surface area contributed by atoms with Crippen LogP contribution < -0.4 is 4.74 Å². The Hall–Kier alpha value is -1.65. The molecule has 0 aliphatic heterocycles. The van der Waals surface area contributed by atoms with Crippen molar-refractivity contribution in [3.05, 3.63) is 18.1 Å². The van der Waals surface area contributed by atoms with Crippen molar-refractivity contribution in [2.24, 2.45) is 0 Å². The third-order valence-corrected chi connectivity index (χ3v) is 2.25. The van der Waals surface area contributed by atoms with E-state index in [-0.39, 0.29) is 5.69 Å². The summed E-state index contributed by atoms with van der Waals surface area (Å²) in [5.41, 5.74) is 0.165. The number of hydrogen-bond donors (Lipinski definition) is 0. The Bertz CT molecular complexity index is 355. The number of unbranched alkanes of at least 4 members (excludes halogenated alkanes) is 3. The van der Waals surface area contributed by atoms with E-state index < -0.39 is 5.97 Å². The van der Waals surface area contributed by atoms with Gasteiger partial charge in [-0.3, -0.25) is 4.98 Å². The van der Waals surface area contributed by atoms with E-state index in [2.05, 4.69) is 21.6 Å². The highest BCUT2D eigenvalue weighted by Gasteiger charge is 2.08. The Labute approximate surface area is 101 Å². The summed E-state index contributed by atoms with van der Waals surface area (Å²) >= 11 is 0. The quantitative estimate of drug-likeness (QED) is 0.538. The summed E-state index contributed by atoms with van der Waals surface area (Å²) in [6.45, 7) is 2.76.